The van der Waals surface area contributed by atoms with E-state index in [4.69, 9.17) is 0 Å². The maximum atomic E-state index is 2.48. The van der Waals surface area contributed by atoms with Gasteiger partial charge in [0.05, 0.1) is 16.7 Å². The Hall–Kier alpha value is -7.16. The van der Waals surface area contributed by atoms with E-state index in [9.17, 15) is 0 Å². The molecule has 64 heavy (non-hydrogen) atoms. The summed E-state index contributed by atoms with van der Waals surface area (Å²) in [6.45, 7) is 0. The molecule has 0 amide bonds. The van der Waals surface area contributed by atoms with Gasteiger partial charge in [-0.05, 0) is 154 Å². The minimum absolute atomic E-state index is 0.407. The molecule has 4 saturated carbocycles. The monoisotopic (exact) mass is 822 g/mol. The Bertz CT molecular complexity index is 3300. The summed E-state index contributed by atoms with van der Waals surface area (Å²) in [6, 6.07) is 79.0. The lowest BCUT2D eigenvalue weighted by Crippen LogP contribution is -2.48. The highest BCUT2D eigenvalue weighted by Gasteiger charge is 2.51. The average Bonchev–Trinajstić information content (AvgIpc) is 3.68. The zero-order valence-corrected chi connectivity index (χ0v) is 36.1. The van der Waals surface area contributed by atoms with Crippen molar-refractivity contribution in [1.29, 1.82) is 0 Å². The first kappa shape index (κ1) is 37.4. The van der Waals surface area contributed by atoms with Crippen LogP contribution in [-0.4, -0.2) is 4.57 Å². The molecule has 0 radical (unpaired) electrons. The van der Waals surface area contributed by atoms with E-state index in [1.165, 1.54) is 104 Å². The number of anilines is 3. The van der Waals surface area contributed by atoms with Crippen LogP contribution in [0.4, 0.5) is 17.1 Å². The maximum Gasteiger partial charge on any atom is 0.0561 e. The molecular weight excluding hydrogens is 773 g/mol. The normalized spacial score (nSPS) is 20.0. The van der Waals surface area contributed by atoms with E-state index in [0.29, 0.717) is 5.41 Å². The second-order valence-electron chi connectivity index (χ2n) is 19.1. The lowest BCUT2D eigenvalue weighted by molar-refractivity contribution is -0.00518. The SMILES string of the molecule is c1ccc(-c2cccc3cccc(-c4ccccc4N(c4ccc(-c5ccc(C67CC8CC(CC(C8)C6)C7)cc5)cc4)c4ccc5c6ccccc6n(-c6ccccc6)c5c4)c23)cc1. The summed E-state index contributed by atoms with van der Waals surface area (Å²) >= 11 is 0. The van der Waals surface area contributed by atoms with Crippen LogP contribution in [0.3, 0.4) is 0 Å². The maximum absolute atomic E-state index is 2.48. The zero-order chi connectivity index (χ0) is 42.2. The van der Waals surface area contributed by atoms with E-state index in [1.807, 2.05) is 0 Å². The van der Waals surface area contributed by atoms with Crippen molar-refractivity contribution in [2.24, 2.45) is 17.8 Å². The smallest absolute Gasteiger partial charge is 0.0561 e. The quantitative estimate of drug-likeness (QED) is 0.148. The van der Waals surface area contributed by atoms with Gasteiger partial charge in [-0.2, -0.15) is 0 Å². The van der Waals surface area contributed by atoms with E-state index >= 15 is 0 Å². The Balaban J connectivity index is 0.969. The second kappa shape index (κ2) is 15.0. The standard InChI is InChI=1S/C62H50N2/c1-3-13-47(14-4-1)53-21-11-15-48-16-12-22-57(61(48)53)55-20-8-9-23-58(55)63(52-33-34-56-54-19-7-10-24-59(54)64(60(56)38-52)50-17-5-2-6-18-50)51-31-27-46(28-32-51)45-25-29-49(30-26-45)62-39-42-35-43(40-62)37-44(36-42)41-62/h1-34,38,42-44H,35-37,39-41H2. The molecule has 0 spiro atoms. The summed E-state index contributed by atoms with van der Waals surface area (Å²) < 4.78 is 2.42. The second-order valence-corrected chi connectivity index (χ2v) is 19.1. The molecule has 0 saturated heterocycles. The molecule has 308 valence electrons. The van der Waals surface area contributed by atoms with Crippen molar-refractivity contribution in [2.75, 3.05) is 4.90 Å². The first-order valence-corrected chi connectivity index (χ1v) is 23.4. The van der Waals surface area contributed by atoms with Gasteiger partial charge in [-0.15, -0.1) is 0 Å². The van der Waals surface area contributed by atoms with Crippen molar-refractivity contribution in [3.05, 3.63) is 218 Å². The van der Waals surface area contributed by atoms with E-state index in [2.05, 4.69) is 222 Å². The molecule has 0 aliphatic heterocycles. The van der Waals surface area contributed by atoms with Crippen molar-refractivity contribution in [3.63, 3.8) is 0 Å². The van der Waals surface area contributed by atoms with Gasteiger partial charge >= 0.3 is 0 Å². The van der Waals surface area contributed by atoms with Gasteiger partial charge < -0.3 is 9.47 Å². The van der Waals surface area contributed by atoms with Crippen LogP contribution in [0.1, 0.15) is 44.1 Å². The fraction of sp³-hybridized carbons (Fsp3) is 0.161. The Morgan fingerprint density at radius 3 is 1.69 bits per heavy atom. The molecular formula is C62H50N2. The third kappa shape index (κ3) is 6.14. The molecule has 4 aliphatic rings. The predicted octanol–water partition coefficient (Wildman–Crippen LogP) is 16.9. The highest BCUT2D eigenvalue weighted by Crippen LogP contribution is 2.61. The number of rotatable bonds is 8. The topological polar surface area (TPSA) is 8.17 Å². The van der Waals surface area contributed by atoms with Crippen LogP contribution in [0.15, 0.2) is 212 Å². The van der Waals surface area contributed by atoms with Crippen molar-refractivity contribution in [1.82, 2.24) is 4.57 Å². The number of nitrogens with zero attached hydrogens (tertiary/aromatic N) is 2. The third-order valence-corrected chi connectivity index (χ3v) is 15.3. The first-order chi connectivity index (χ1) is 31.7. The van der Waals surface area contributed by atoms with Gasteiger partial charge in [-0.3, -0.25) is 0 Å². The third-order valence-electron chi connectivity index (χ3n) is 15.3. The number of benzene rings is 9. The Morgan fingerprint density at radius 1 is 0.406 bits per heavy atom. The molecule has 9 aromatic carbocycles. The van der Waals surface area contributed by atoms with Gasteiger partial charge in [0.15, 0.2) is 0 Å². The fourth-order valence-electron chi connectivity index (χ4n) is 13.0. The van der Waals surface area contributed by atoms with Gasteiger partial charge in [0, 0.05) is 33.4 Å². The molecule has 10 aromatic rings. The minimum Gasteiger partial charge on any atom is -0.310 e. The van der Waals surface area contributed by atoms with Crippen LogP contribution >= 0.6 is 0 Å². The van der Waals surface area contributed by atoms with Crippen LogP contribution in [0.5, 0.6) is 0 Å². The zero-order valence-electron chi connectivity index (χ0n) is 36.1. The fourth-order valence-corrected chi connectivity index (χ4v) is 13.0. The van der Waals surface area contributed by atoms with E-state index in [1.54, 1.807) is 5.56 Å². The Kier molecular flexibility index (Phi) is 8.76. The molecule has 0 unspecified atom stereocenters. The Labute approximate surface area is 376 Å². The summed E-state index contributed by atoms with van der Waals surface area (Å²) in [5.74, 6) is 2.83. The van der Waals surface area contributed by atoms with Crippen molar-refractivity contribution in [3.8, 4) is 39.1 Å². The van der Waals surface area contributed by atoms with Gasteiger partial charge in [-0.25, -0.2) is 0 Å². The number of para-hydroxylation sites is 3. The first-order valence-electron chi connectivity index (χ1n) is 23.4. The summed E-state index contributed by atoms with van der Waals surface area (Å²) in [6.07, 6.45) is 8.63. The summed E-state index contributed by atoms with van der Waals surface area (Å²) in [7, 11) is 0. The molecule has 0 N–H and O–H groups in total. The van der Waals surface area contributed by atoms with Crippen LogP contribution < -0.4 is 4.90 Å². The minimum atomic E-state index is 0.407. The summed E-state index contributed by atoms with van der Waals surface area (Å²) in [5, 5.41) is 4.98. The molecule has 0 atom stereocenters. The molecule has 4 fully saturated rings. The summed E-state index contributed by atoms with van der Waals surface area (Å²) in [5.41, 5.74) is 16.3. The highest BCUT2D eigenvalue weighted by molar-refractivity contribution is 6.12. The molecule has 4 aliphatic carbocycles. The molecule has 14 rings (SSSR count). The van der Waals surface area contributed by atoms with E-state index < -0.39 is 0 Å². The van der Waals surface area contributed by atoms with Crippen molar-refractivity contribution in [2.45, 2.75) is 43.9 Å². The van der Waals surface area contributed by atoms with E-state index in [0.717, 1.165) is 40.5 Å². The molecule has 4 bridgehead atoms. The van der Waals surface area contributed by atoms with Crippen LogP contribution in [0.2, 0.25) is 0 Å². The number of hydrogen-bond donors (Lipinski definition) is 0. The van der Waals surface area contributed by atoms with Gasteiger partial charge in [0.2, 0.25) is 0 Å². The molecule has 2 nitrogen and oxygen atoms in total. The van der Waals surface area contributed by atoms with Crippen LogP contribution in [-0.2, 0) is 5.41 Å². The van der Waals surface area contributed by atoms with E-state index in [-0.39, 0.29) is 0 Å². The number of aromatic nitrogens is 1. The number of fused-ring (bicyclic) bond motifs is 4. The molecule has 1 heterocycles. The van der Waals surface area contributed by atoms with Crippen molar-refractivity contribution < 1.29 is 0 Å². The summed E-state index contributed by atoms with van der Waals surface area (Å²) in [4.78, 5) is 2.48. The molecule has 2 heteroatoms. The lowest BCUT2D eigenvalue weighted by Gasteiger charge is -2.57. The van der Waals surface area contributed by atoms with Crippen LogP contribution in [0.25, 0.3) is 71.6 Å². The Morgan fingerprint density at radius 2 is 0.969 bits per heavy atom. The van der Waals surface area contributed by atoms with Gasteiger partial charge in [-0.1, -0.05) is 164 Å². The molecule has 1 aromatic heterocycles. The highest BCUT2D eigenvalue weighted by atomic mass is 15.1. The van der Waals surface area contributed by atoms with Crippen LogP contribution in [0, 0.1) is 17.8 Å². The largest absolute Gasteiger partial charge is 0.310 e. The predicted molar refractivity (Wildman–Crippen MR) is 269 cm³/mol. The van der Waals surface area contributed by atoms with Crippen molar-refractivity contribution >= 4 is 49.6 Å². The average molecular weight is 823 g/mol. The van der Waals surface area contributed by atoms with Gasteiger partial charge in [0.1, 0.15) is 0 Å². The lowest BCUT2D eigenvalue weighted by atomic mass is 9.48. The van der Waals surface area contributed by atoms with Gasteiger partial charge in [0.25, 0.3) is 0 Å². The number of hydrogen-bond acceptors (Lipinski definition) is 1.